The van der Waals surface area contributed by atoms with E-state index in [9.17, 15) is 9.18 Å². The normalized spacial score (nSPS) is 10.7. The zero-order chi connectivity index (χ0) is 15.0. The summed E-state index contributed by atoms with van der Waals surface area (Å²) in [5.74, 6) is 0.0967. The number of primary amides is 1. The minimum atomic E-state index is -0.900. The van der Waals surface area contributed by atoms with Gasteiger partial charge in [0.15, 0.2) is 11.6 Å². The SMILES string of the molecule is NC(=O)Oc1ccc(-c2ccc3c(N)n[nH]c3c2F)cc1. The second-order valence-corrected chi connectivity index (χ2v) is 4.40. The Morgan fingerprint density at radius 2 is 1.90 bits per heavy atom. The number of nitrogen functional groups attached to an aromatic ring is 1. The molecule has 3 rings (SSSR count). The molecule has 0 fully saturated rings. The van der Waals surface area contributed by atoms with Crippen LogP contribution in [0.25, 0.3) is 22.0 Å². The van der Waals surface area contributed by atoms with Crippen LogP contribution in [0.1, 0.15) is 0 Å². The first-order valence-electron chi connectivity index (χ1n) is 6.06. The molecule has 0 atom stereocenters. The summed E-state index contributed by atoms with van der Waals surface area (Å²) in [6, 6.07) is 9.63. The first-order chi connectivity index (χ1) is 10.1. The highest BCUT2D eigenvalue weighted by Gasteiger charge is 2.13. The van der Waals surface area contributed by atoms with E-state index in [2.05, 4.69) is 10.2 Å². The number of aromatic nitrogens is 2. The number of aromatic amines is 1. The van der Waals surface area contributed by atoms with E-state index < -0.39 is 11.9 Å². The lowest BCUT2D eigenvalue weighted by Gasteiger charge is -2.06. The maximum Gasteiger partial charge on any atom is 0.409 e. The Bertz CT molecular complexity index is 827. The lowest BCUT2D eigenvalue weighted by atomic mass is 10.0. The molecule has 0 radical (unpaired) electrons. The number of hydrogen-bond acceptors (Lipinski definition) is 4. The van der Waals surface area contributed by atoms with Gasteiger partial charge in [0.05, 0.1) is 0 Å². The summed E-state index contributed by atoms with van der Waals surface area (Å²) in [6.07, 6.45) is -0.900. The molecule has 0 bridgehead atoms. The van der Waals surface area contributed by atoms with Gasteiger partial charge in [0, 0.05) is 10.9 Å². The van der Waals surface area contributed by atoms with E-state index in [0.717, 1.165) is 0 Å². The number of ether oxygens (including phenoxy) is 1. The van der Waals surface area contributed by atoms with Crippen molar-refractivity contribution in [3.05, 3.63) is 42.2 Å². The molecule has 0 unspecified atom stereocenters. The van der Waals surface area contributed by atoms with Crippen molar-refractivity contribution in [1.82, 2.24) is 10.2 Å². The molecule has 0 aliphatic carbocycles. The van der Waals surface area contributed by atoms with Gasteiger partial charge in [0.2, 0.25) is 0 Å². The van der Waals surface area contributed by atoms with Crippen molar-refractivity contribution >= 4 is 22.8 Å². The Morgan fingerprint density at radius 1 is 1.19 bits per heavy atom. The van der Waals surface area contributed by atoms with Crippen LogP contribution >= 0.6 is 0 Å². The van der Waals surface area contributed by atoms with Gasteiger partial charge in [-0.25, -0.2) is 9.18 Å². The van der Waals surface area contributed by atoms with E-state index in [1.165, 1.54) is 12.1 Å². The predicted octanol–water partition coefficient (Wildman–Crippen LogP) is 2.41. The molecular formula is C14H11FN4O2. The van der Waals surface area contributed by atoms with Gasteiger partial charge in [-0.2, -0.15) is 5.10 Å². The van der Waals surface area contributed by atoms with E-state index in [1.807, 2.05) is 0 Å². The van der Waals surface area contributed by atoms with Crippen LogP contribution in [0.4, 0.5) is 15.0 Å². The topological polar surface area (TPSA) is 107 Å². The summed E-state index contributed by atoms with van der Waals surface area (Å²) in [4.78, 5) is 10.6. The quantitative estimate of drug-likeness (QED) is 0.672. The number of hydrogen-bond donors (Lipinski definition) is 3. The van der Waals surface area contributed by atoms with Gasteiger partial charge in [-0.1, -0.05) is 18.2 Å². The average Bonchev–Trinajstić information content (AvgIpc) is 2.82. The number of benzene rings is 2. The van der Waals surface area contributed by atoms with Crippen molar-refractivity contribution in [3.63, 3.8) is 0 Å². The molecule has 106 valence electrons. The van der Waals surface area contributed by atoms with Gasteiger partial charge < -0.3 is 16.2 Å². The molecule has 0 saturated heterocycles. The van der Waals surface area contributed by atoms with Gasteiger partial charge in [-0.3, -0.25) is 5.10 Å². The Hall–Kier alpha value is -3.09. The van der Waals surface area contributed by atoms with Crippen LogP contribution in [-0.4, -0.2) is 16.3 Å². The number of anilines is 1. The van der Waals surface area contributed by atoms with Crippen LogP contribution in [0.5, 0.6) is 5.75 Å². The second kappa shape index (κ2) is 4.78. The third-order valence-electron chi connectivity index (χ3n) is 3.09. The number of nitrogens with one attached hydrogen (secondary N) is 1. The number of rotatable bonds is 2. The van der Waals surface area contributed by atoms with Crippen molar-refractivity contribution in [3.8, 4) is 16.9 Å². The minimum absolute atomic E-state index is 0.251. The van der Waals surface area contributed by atoms with Crippen LogP contribution in [0.15, 0.2) is 36.4 Å². The molecule has 1 amide bonds. The fourth-order valence-corrected chi connectivity index (χ4v) is 2.12. The Labute approximate surface area is 118 Å². The van der Waals surface area contributed by atoms with Crippen molar-refractivity contribution in [2.45, 2.75) is 0 Å². The van der Waals surface area contributed by atoms with Gasteiger partial charge >= 0.3 is 6.09 Å². The first kappa shape index (κ1) is 12.9. The molecule has 5 N–H and O–H groups in total. The summed E-state index contributed by atoms with van der Waals surface area (Å²) in [5.41, 5.74) is 11.8. The fraction of sp³-hybridized carbons (Fsp3) is 0. The van der Waals surface area contributed by atoms with Crippen molar-refractivity contribution in [1.29, 1.82) is 0 Å². The zero-order valence-corrected chi connectivity index (χ0v) is 10.8. The highest BCUT2D eigenvalue weighted by atomic mass is 19.1. The van der Waals surface area contributed by atoms with Crippen molar-refractivity contribution < 1.29 is 13.9 Å². The molecule has 7 heteroatoms. The molecule has 0 spiro atoms. The van der Waals surface area contributed by atoms with Crippen LogP contribution in [0, 0.1) is 5.82 Å². The summed E-state index contributed by atoms with van der Waals surface area (Å²) in [7, 11) is 0. The summed E-state index contributed by atoms with van der Waals surface area (Å²) < 4.78 is 19.2. The predicted molar refractivity (Wildman–Crippen MR) is 76.1 cm³/mol. The number of carbonyl (C=O) groups is 1. The van der Waals surface area contributed by atoms with Crippen molar-refractivity contribution in [2.75, 3.05) is 5.73 Å². The van der Waals surface area contributed by atoms with Gasteiger partial charge in [-0.05, 0) is 23.8 Å². The number of nitrogens with zero attached hydrogens (tertiary/aromatic N) is 1. The molecule has 3 aromatic rings. The zero-order valence-electron chi connectivity index (χ0n) is 10.8. The minimum Gasteiger partial charge on any atom is -0.411 e. The van der Waals surface area contributed by atoms with Crippen LogP contribution in [-0.2, 0) is 0 Å². The summed E-state index contributed by atoms with van der Waals surface area (Å²) in [5, 5.41) is 6.88. The van der Waals surface area contributed by atoms with Crippen molar-refractivity contribution in [2.24, 2.45) is 5.73 Å². The highest BCUT2D eigenvalue weighted by Crippen LogP contribution is 2.30. The van der Waals surface area contributed by atoms with Gasteiger partial charge in [0.1, 0.15) is 11.3 Å². The standard InChI is InChI=1S/C14H11FN4O2/c15-11-9(5-6-10-12(11)18-19-13(10)16)7-1-3-8(4-2-7)21-14(17)20/h1-6H,(H2,17,20)(H3,16,18,19). The number of halogens is 1. The third kappa shape index (κ3) is 2.25. The molecule has 21 heavy (non-hydrogen) atoms. The Morgan fingerprint density at radius 3 is 2.57 bits per heavy atom. The fourth-order valence-electron chi connectivity index (χ4n) is 2.12. The Balaban J connectivity index is 2.04. The molecule has 0 saturated carbocycles. The lowest BCUT2D eigenvalue weighted by molar-refractivity contribution is 0.211. The Kier molecular flexibility index (Phi) is 2.94. The van der Waals surface area contributed by atoms with E-state index in [1.54, 1.807) is 24.3 Å². The molecule has 2 aromatic carbocycles. The molecule has 1 heterocycles. The summed E-state index contributed by atoms with van der Waals surface area (Å²) >= 11 is 0. The maximum atomic E-state index is 14.4. The van der Waals surface area contributed by atoms with E-state index in [4.69, 9.17) is 16.2 Å². The molecule has 1 aromatic heterocycles. The molecule has 6 nitrogen and oxygen atoms in total. The molecular weight excluding hydrogens is 275 g/mol. The highest BCUT2D eigenvalue weighted by molar-refractivity contribution is 5.92. The lowest BCUT2D eigenvalue weighted by Crippen LogP contribution is -2.16. The third-order valence-corrected chi connectivity index (χ3v) is 3.09. The monoisotopic (exact) mass is 286 g/mol. The largest absolute Gasteiger partial charge is 0.411 e. The average molecular weight is 286 g/mol. The molecule has 0 aliphatic rings. The number of amides is 1. The van der Waals surface area contributed by atoms with Gasteiger partial charge in [0.25, 0.3) is 0 Å². The number of carbonyl (C=O) groups excluding carboxylic acids is 1. The van der Waals surface area contributed by atoms with Gasteiger partial charge in [-0.15, -0.1) is 0 Å². The van der Waals surface area contributed by atoms with E-state index in [0.29, 0.717) is 22.3 Å². The first-order valence-corrected chi connectivity index (χ1v) is 6.06. The van der Waals surface area contributed by atoms with E-state index >= 15 is 0 Å². The number of H-pyrrole nitrogens is 1. The summed E-state index contributed by atoms with van der Waals surface area (Å²) in [6.45, 7) is 0. The van der Waals surface area contributed by atoms with Crippen LogP contribution in [0.2, 0.25) is 0 Å². The maximum absolute atomic E-state index is 14.4. The molecule has 0 aliphatic heterocycles. The second-order valence-electron chi connectivity index (χ2n) is 4.40. The van der Waals surface area contributed by atoms with Crippen LogP contribution in [0.3, 0.4) is 0 Å². The number of nitrogens with two attached hydrogens (primary N) is 2. The number of fused-ring (bicyclic) bond motifs is 1. The van der Waals surface area contributed by atoms with E-state index in [-0.39, 0.29) is 11.3 Å². The van der Waals surface area contributed by atoms with Crippen LogP contribution < -0.4 is 16.2 Å². The smallest absolute Gasteiger partial charge is 0.409 e.